The first-order valence-corrected chi connectivity index (χ1v) is 6.94. The Balaban J connectivity index is 1.96. The fraction of sp³-hybridized carbons (Fsp3) is 0.500. The molecule has 22 heavy (non-hydrogen) atoms. The lowest BCUT2D eigenvalue weighted by Gasteiger charge is -2.23. The summed E-state index contributed by atoms with van der Waals surface area (Å²) in [6.45, 7) is 2.46. The van der Waals surface area contributed by atoms with Crippen molar-refractivity contribution in [3.8, 4) is 0 Å². The molecule has 3 heterocycles. The lowest BCUT2D eigenvalue weighted by Crippen LogP contribution is -2.41. The van der Waals surface area contributed by atoms with Crippen LogP contribution in [0.25, 0.3) is 5.65 Å². The van der Waals surface area contributed by atoms with Crippen molar-refractivity contribution in [1.82, 2.24) is 19.5 Å². The molecule has 2 aromatic heterocycles. The third-order valence-corrected chi connectivity index (χ3v) is 3.60. The molecule has 0 radical (unpaired) electrons. The van der Waals surface area contributed by atoms with Crippen molar-refractivity contribution in [2.75, 3.05) is 26.3 Å². The highest BCUT2D eigenvalue weighted by molar-refractivity contribution is 5.95. The van der Waals surface area contributed by atoms with Gasteiger partial charge in [-0.1, -0.05) is 0 Å². The smallest absolute Gasteiger partial charge is 0.288 e. The maximum Gasteiger partial charge on any atom is 0.288 e. The third-order valence-electron chi connectivity index (χ3n) is 3.60. The zero-order chi connectivity index (χ0) is 15.9. The average molecular weight is 310 g/mol. The minimum Gasteiger partial charge on any atom is -0.373 e. The maximum atomic E-state index is 13.6. The molecule has 1 fully saturated rings. The second-order valence-corrected chi connectivity index (χ2v) is 5.45. The van der Waals surface area contributed by atoms with Crippen LogP contribution in [0.3, 0.4) is 0 Å². The van der Waals surface area contributed by atoms with E-state index in [1.807, 2.05) is 6.92 Å². The molecule has 1 amide bonds. The number of hydrogen-bond acceptors (Lipinski definition) is 4. The fourth-order valence-electron chi connectivity index (χ4n) is 2.52. The topological polar surface area (TPSA) is 59.7 Å². The number of hydrogen-bond donors (Lipinski definition) is 0. The Morgan fingerprint density at radius 1 is 1.41 bits per heavy atom. The van der Waals surface area contributed by atoms with E-state index in [1.165, 1.54) is 6.20 Å². The Morgan fingerprint density at radius 2 is 2.18 bits per heavy atom. The van der Waals surface area contributed by atoms with E-state index in [9.17, 15) is 13.6 Å². The molecule has 1 aliphatic heterocycles. The van der Waals surface area contributed by atoms with E-state index in [2.05, 4.69) is 10.1 Å². The van der Waals surface area contributed by atoms with Crippen LogP contribution in [-0.2, 0) is 4.74 Å². The second kappa shape index (κ2) is 5.28. The second-order valence-electron chi connectivity index (χ2n) is 5.45. The highest BCUT2D eigenvalue weighted by Crippen LogP contribution is 2.21. The van der Waals surface area contributed by atoms with E-state index in [4.69, 9.17) is 4.74 Å². The molecule has 1 saturated heterocycles. The first kappa shape index (κ1) is 14.8. The molecule has 0 aromatic carbocycles. The summed E-state index contributed by atoms with van der Waals surface area (Å²) in [5.41, 5.74) is 2.25. The molecule has 0 N–H and O–H groups in total. The summed E-state index contributed by atoms with van der Waals surface area (Å²) in [5, 5.41) is 4.26. The van der Waals surface area contributed by atoms with Crippen molar-refractivity contribution in [3.63, 3.8) is 0 Å². The van der Waals surface area contributed by atoms with E-state index in [1.54, 1.807) is 17.5 Å². The number of amides is 1. The molecule has 0 aliphatic carbocycles. The zero-order valence-corrected chi connectivity index (χ0v) is 12.3. The summed E-state index contributed by atoms with van der Waals surface area (Å²) in [6, 6.07) is 1.79. The van der Waals surface area contributed by atoms with Gasteiger partial charge in [0, 0.05) is 18.8 Å². The quantitative estimate of drug-likeness (QED) is 0.800. The summed E-state index contributed by atoms with van der Waals surface area (Å²) in [7, 11) is 0. The summed E-state index contributed by atoms with van der Waals surface area (Å²) in [4.78, 5) is 17.9. The van der Waals surface area contributed by atoms with Crippen molar-refractivity contribution in [2.45, 2.75) is 19.8 Å². The summed E-state index contributed by atoms with van der Waals surface area (Å²) >= 11 is 0. The molecule has 3 rings (SSSR count). The van der Waals surface area contributed by atoms with Gasteiger partial charge in [0.25, 0.3) is 11.8 Å². The fourth-order valence-corrected chi connectivity index (χ4v) is 2.52. The van der Waals surface area contributed by atoms with Crippen molar-refractivity contribution < 1.29 is 18.3 Å². The minimum atomic E-state index is -3.04. The Bertz CT molecular complexity index is 729. The largest absolute Gasteiger partial charge is 0.373 e. The van der Waals surface area contributed by atoms with E-state index in [0.717, 1.165) is 10.6 Å². The number of fused-ring (bicyclic) bond motifs is 1. The van der Waals surface area contributed by atoms with Gasteiger partial charge in [0.15, 0.2) is 5.65 Å². The zero-order valence-electron chi connectivity index (χ0n) is 12.3. The number of rotatable bonds is 1. The lowest BCUT2D eigenvalue weighted by atomic mass is 10.2. The maximum absolute atomic E-state index is 13.6. The lowest BCUT2D eigenvalue weighted by molar-refractivity contribution is -0.0660. The summed E-state index contributed by atoms with van der Waals surface area (Å²) in [5.74, 6) is -3.52. The molecular formula is C14H16F2N4O2. The monoisotopic (exact) mass is 310 g/mol. The molecule has 6 nitrogen and oxygen atoms in total. The number of nitrogens with zero attached hydrogens (tertiary/aromatic N) is 4. The molecule has 0 saturated carbocycles. The summed E-state index contributed by atoms with van der Waals surface area (Å²) < 4.78 is 33.6. The van der Waals surface area contributed by atoms with Crippen LogP contribution in [0.1, 0.15) is 21.7 Å². The molecule has 118 valence electrons. The van der Waals surface area contributed by atoms with Crippen molar-refractivity contribution in [2.24, 2.45) is 0 Å². The number of alkyl halides is 2. The van der Waals surface area contributed by atoms with Gasteiger partial charge in [-0.15, -0.1) is 0 Å². The molecule has 0 bridgehead atoms. The number of aryl methyl sites for hydroxylation is 2. The summed E-state index contributed by atoms with van der Waals surface area (Å²) in [6.07, 6.45) is 1.41. The first-order chi connectivity index (χ1) is 10.4. The Labute approximate surface area is 125 Å². The molecule has 0 unspecified atom stereocenters. The van der Waals surface area contributed by atoms with Gasteiger partial charge in [-0.2, -0.15) is 5.10 Å². The minimum absolute atomic E-state index is 0.0942. The standard InChI is InChI=1S/C14H16F2N4O2/c1-9-5-12-17-6-11(10(2)20(12)18-9)13(21)19-3-4-22-8-14(15,16)7-19/h5-6H,3-4,7-8H2,1-2H3. The Kier molecular flexibility index (Phi) is 3.56. The van der Waals surface area contributed by atoms with Crippen molar-refractivity contribution in [3.05, 3.63) is 29.2 Å². The molecule has 0 spiro atoms. The number of carbonyl (C=O) groups excluding carboxylic acids is 1. The molecule has 8 heteroatoms. The van der Waals surface area contributed by atoms with Gasteiger partial charge in [0.2, 0.25) is 0 Å². The Hall–Kier alpha value is -2.09. The average Bonchev–Trinajstić information content (AvgIpc) is 2.73. The molecule has 0 atom stereocenters. The van der Waals surface area contributed by atoms with Crippen molar-refractivity contribution in [1.29, 1.82) is 0 Å². The van der Waals surface area contributed by atoms with E-state index in [-0.39, 0.29) is 18.7 Å². The normalized spacial score (nSPS) is 18.5. The van der Waals surface area contributed by atoms with Crippen LogP contribution >= 0.6 is 0 Å². The highest BCUT2D eigenvalue weighted by Gasteiger charge is 2.37. The van der Waals surface area contributed by atoms with Crippen LogP contribution in [0.5, 0.6) is 0 Å². The van der Waals surface area contributed by atoms with Gasteiger partial charge in [-0.25, -0.2) is 18.3 Å². The van der Waals surface area contributed by atoms with Crippen LogP contribution in [-0.4, -0.2) is 57.6 Å². The number of carbonyl (C=O) groups is 1. The van der Waals surface area contributed by atoms with Crippen LogP contribution < -0.4 is 0 Å². The van der Waals surface area contributed by atoms with Crippen LogP contribution in [0.4, 0.5) is 8.78 Å². The van der Waals surface area contributed by atoms with Gasteiger partial charge in [0.1, 0.15) is 6.61 Å². The van der Waals surface area contributed by atoms with Gasteiger partial charge >= 0.3 is 0 Å². The third kappa shape index (κ3) is 2.66. The molecular weight excluding hydrogens is 294 g/mol. The van der Waals surface area contributed by atoms with E-state index < -0.39 is 25.0 Å². The molecule has 1 aliphatic rings. The van der Waals surface area contributed by atoms with E-state index in [0.29, 0.717) is 11.3 Å². The SMILES string of the molecule is Cc1cc2ncc(C(=O)N3CCOCC(F)(F)C3)c(C)n2n1. The first-order valence-electron chi connectivity index (χ1n) is 6.94. The van der Waals surface area contributed by atoms with E-state index >= 15 is 0 Å². The molecule has 2 aromatic rings. The van der Waals surface area contributed by atoms with Crippen molar-refractivity contribution >= 4 is 11.6 Å². The van der Waals surface area contributed by atoms with Gasteiger partial charge in [-0.05, 0) is 13.8 Å². The predicted molar refractivity (Wildman–Crippen MR) is 74.1 cm³/mol. The van der Waals surface area contributed by atoms with Crippen LogP contribution in [0.2, 0.25) is 0 Å². The van der Waals surface area contributed by atoms with Crippen LogP contribution in [0, 0.1) is 13.8 Å². The van der Waals surface area contributed by atoms with Gasteiger partial charge in [-0.3, -0.25) is 4.79 Å². The van der Waals surface area contributed by atoms with Gasteiger partial charge < -0.3 is 9.64 Å². The number of ether oxygens (including phenoxy) is 1. The highest BCUT2D eigenvalue weighted by atomic mass is 19.3. The van der Waals surface area contributed by atoms with Gasteiger partial charge in [0.05, 0.1) is 30.1 Å². The predicted octanol–water partition coefficient (Wildman–Crippen LogP) is 1.45. The number of halogens is 2. The number of aromatic nitrogens is 3. The Morgan fingerprint density at radius 3 is 2.95 bits per heavy atom. The van der Waals surface area contributed by atoms with Crippen LogP contribution in [0.15, 0.2) is 12.3 Å².